The zero-order valence-electron chi connectivity index (χ0n) is 7.30. The molecule has 0 atom stereocenters. The van der Waals surface area contributed by atoms with E-state index in [0.29, 0.717) is 0 Å². The number of rotatable bonds is 3. The van der Waals surface area contributed by atoms with Gasteiger partial charge in [0.1, 0.15) is 0 Å². The molecular formula is C10H11N3. The van der Waals surface area contributed by atoms with Gasteiger partial charge in [-0.2, -0.15) is 0 Å². The highest BCUT2D eigenvalue weighted by molar-refractivity contribution is 5.08. The molecule has 0 radical (unpaired) electrons. The van der Waals surface area contributed by atoms with E-state index >= 15 is 0 Å². The van der Waals surface area contributed by atoms with E-state index in [2.05, 4.69) is 20.6 Å². The van der Waals surface area contributed by atoms with Gasteiger partial charge in [0.05, 0.1) is 6.33 Å². The van der Waals surface area contributed by atoms with Crippen LogP contribution in [0.4, 0.5) is 0 Å². The van der Waals surface area contributed by atoms with Crippen molar-refractivity contribution in [1.29, 1.82) is 0 Å². The van der Waals surface area contributed by atoms with E-state index in [1.54, 1.807) is 12.4 Å². The lowest BCUT2D eigenvalue weighted by Crippen LogP contribution is -1.98. The molecule has 0 aliphatic carbocycles. The minimum Gasteiger partial charge on any atom is -0.337 e. The summed E-state index contributed by atoms with van der Waals surface area (Å²) in [5, 5.41) is 0. The first kappa shape index (κ1) is 7.98. The van der Waals surface area contributed by atoms with Crippen LogP contribution in [-0.2, 0) is 13.0 Å². The Morgan fingerprint density at radius 2 is 2.23 bits per heavy atom. The lowest BCUT2D eigenvalue weighted by atomic mass is 10.2. The fraction of sp³-hybridized carbons (Fsp3) is 0.200. The van der Waals surface area contributed by atoms with Crippen molar-refractivity contribution in [2.45, 2.75) is 13.0 Å². The van der Waals surface area contributed by atoms with E-state index in [-0.39, 0.29) is 0 Å². The van der Waals surface area contributed by atoms with E-state index in [4.69, 9.17) is 0 Å². The molecule has 2 aromatic heterocycles. The molecule has 0 saturated heterocycles. The summed E-state index contributed by atoms with van der Waals surface area (Å²) in [6, 6.07) is 4.05. The zero-order chi connectivity index (χ0) is 8.93. The predicted octanol–water partition coefficient (Wildman–Crippen LogP) is 1.52. The second kappa shape index (κ2) is 3.85. The molecule has 0 amide bonds. The Kier molecular flexibility index (Phi) is 2.36. The first-order valence-electron chi connectivity index (χ1n) is 4.30. The van der Waals surface area contributed by atoms with Crippen molar-refractivity contribution >= 4 is 0 Å². The summed E-state index contributed by atoms with van der Waals surface area (Å²) in [5.41, 5.74) is 1.26. The van der Waals surface area contributed by atoms with Crippen LogP contribution in [0.1, 0.15) is 5.56 Å². The topological polar surface area (TPSA) is 30.7 Å². The molecule has 2 rings (SSSR count). The smallest absolute Gasteiger partial charge is 0.0946 e. The highest BCUT2D eigenvalue weighted by Gasteiger charge is 1.92. The van der Waals surface area contributed by atoms with Crippen LogP contribution in [0.15, 0.2) is 43.2 Å². The molecule has 0 fully saturated rings. The van der Waals surface area contributed by atoms with Crippen molar-refractivity contribution < 1.29 is 0 Å². The highest BCUT2D eigenvalue weighted by Crippen LogP contribution is 1.99. The minimum atomic E-state index is 0.964. The maximum atomic E-state index is 4.06. The molecule has 0 bridgehead atoms. The Labute approximate surface area is 77.1 Å². The van der Waals surface area contributed by atoms with Crippen LogP contribution in [0.25, 0.3) is 0 Å². The summed E-state index contributed by atoms with van der Waals surface area (Å²) in [5.74, 6) is 0. The Balaban J connectivity index is 1.94. The maximum Gasteiger partial charge on any atom is 0.0946 e. The van der Waals surface area contributed by atoms with Gasteiger partial charge in [0, 0.05) is 31.3 Å². The molecule has 0 aromatic carbocycles. The van der Waals surface area contributed by atoms with Crippen molar-refractivity contribution in [2.75, 3.05) is 0 Å². The Hall–Kier alpha value is -1.64. The van der Waals surface area contributed by atoms with E-state index in [1.807, 2.05) is 24.8 Å². The monoisotopic (exact) mass is 173 g/mol. The molecule has 0 saturated carbocycles. The van der Waals surface area contributed by atoms with E-state index in [9.17, 15) is 0 Å². The van der Waals surface area contributed by atoms with E-state index in [0.717, 1.165) is 13.0 Å². The average molecular weight is 173 g/mol. The van der Waals surface area contributed by atoms with Crippen LogP contribution in [-0.4, -0.2) is 14.5 Å². The number of aromatic nitrogens is 3. The fourth-order valence-electron chi connectivity index (χ4n) is 1.22. The van der Waals surface area contributed by atoms with Gasteiger partial charge in [-0.05, 0) is 18.1 Å². The molecule has 0 aliphatic heterocycles. The van der Waals surface area contributed by atoms with Crippen molar-refractivity contribution in [3.05, 3.63) is 48.8 Å². The van der Waals surface area contributed by atoms with Gasteiger partial charge < -0.3 is 4.57 Å². The van der Waals surface area contributed by atoms with Gasteiger partial charge in [-0.1, -0.05) is 6.07 Å². The second-order valence-corrected chi connectivity index (χ2v) is 2.91. The molecule has 0 aliphatic rings. The van der Waals surface area contributed by atoms with E-state index in [1.165, 1.54) is 5.56 Å². The molecule has 3 heteroatoms. The molecule has 2 heterocycles. The number of pyridine rings is 1. The molecule has 0 unspecified atom stereocenters. The van der Waals surface area contributed by atoms with Crippen molar-refractivity contribution in [1.82, 2.24) is 14.5 Å². The summed E-state index contributed by atoms with van der Waals surface area (Å²) >= 11 is 0. The highest BCUT2D eigenvalue weighted by atomic mass is 15.0. The standard InChI is InChI=1S/C10H11N3/c1-2-10(8-11-4-1)3-6-13-7-5-12-9-13/h1-2,4-5,7-9H,3,6H2. The second-order valence-electron chi connectivity index (χ2n) is 2.91. The summed E-state index contributed by atoms with van der Waals surface area (Å²) in [6.45, 7) is 0.964. The van der Waals surface area contributed by atoms with Crippen LogP contribution in [0.2, 0.25) is 0 Å². The third kappa shape index (κ3) is 2.15. The number of aryl methyl sites for hydroxylation is 2. The third-order valence-corrected chi connectivity index (χ3v) is 1.94. The predicted molar refractivity (Wildman–Crippen MR) is 50.2 cm³/mol. The minimum absolute atomic E-state index is 0.964. The van der Waals surface area contributed by atoms with Crippen LogP contribution in [0.3, 0.4) is 0 Å². The van der Waals surface area contributed by atoms with Gasteiger partial charge in [0.15, 0.2) is 0 Å². The molecule has 13 heavy (non-hydrogen) atoms. The van der Waals surface area contributed by atoms with Gasteiger partial charge >= 0.3 is 0 Å². The van der Waals surface area contributed by atoms with Crippen LogP contribution < -0.4 is 0 Å². The SMILES string of the molecule is c1cncc(CCn2ccnc2)c1. The fourth-order valence-corrected chi connectivity index (χ4v) is 1.22. The quantitative estimate of drug-likeness (QED) is 0.704. The van der Waals surface area contributed by atoms with Gasteiger partial charge in [-0.15, -0.1) is 0 Å². The molecular weight excluding hydrogens is 162 g/mol. The number of nitrogens with zero attached hydrogens (tertiary/aromatic N) is 3. The molecule has 2 aromatic rings. The largest absolute Gasteiger partial charge is 0.337 e. The number of hydrogen-bond acceptors (Lipinski definition) is 2. The Morgan fingerprint density at radius 1 is 1.23 bits per heavy atom. The zero-order valence-corrected chi connectivity index (χ0v) is 7.30. The summed E-state index contributed by atoms with van der Waals surface area (Å²) < 4.78 is 2.06. The molecule has 3 nitrogen and oxygen atoms in total. The maximum absolute atomic E-state index is 4.06. The van der Waals surface area contributed by atoms with Gasteiger partial charge in [0.25, 0.3) is 0 Å². The van der Waals surface area contributed by atoms with Gasteiger partial charge in [-0.25, -0.2) is 4.98 Å². The van der Waals surface area contributed by atoms with Gasteiger partial charge in [0.2, 0.25) is 0 Å². The van der Waals surface area contributed by atoms with Crippen molar-refractivity contribution in [2.24, 2.45) is 0 Å². The number of imidazole rings is 1. The van der Waals surface area contributed by atoms with Crippen LogP contribution in [0.5, 0.6) is 0 Å². The molecule has 66 valence electrons. The molecule has 0 N–H and O–H groups in total. The lowest BCUT2D eigenvalue weighted by molar-refractivity contribution is 0.694. The first-order valence-corrected chi connectivity index (χ1v) is 4.30. The van der Waals surface area contributed by atoms with Crippen LogP contribution in [0, 0.1) is 0 Å². The summed E-state index contributed by atoms with van der Waals surface area (Å²) in [4.78, 5) is 8.04. The number of hydrogen-bond donors (Lipinski definition) is 0. The Morgan fingerprint density at radius 3 is 2.92 bits per heavy atom. The lowest BCUT2D eigenvalue weighted by Gasteiger charge is -2.00. The van der Waals surface area contributed by atoms with Gasteiger partial charge in [-0.3, -0.25) is 4.98 Å². The van der Waals surface area contributed by atoms with Crippen LogP contribution >= 0.6 is 0 Å². The third-order valence-electron chi connectivity index (χ3n) is 1.94. The summed E-state index contributed by atoms with van der Waals surface area (Å²) in [6.07, 6.45) is 10.3. The first-order chi connectivity index (χ1) is 6.45. The van der Waals surface area contributed by atoms with Crippen molar-refractivity contribution in [3.8, 4) is 0 Å². The van der Waals surface area contributed by atoms with Crippen molar-refractivity contribution in [3.63, 3.8) is 0 Å². The normalized spacial score (nSPS) is 10.2. The summed E-state index contributed by atoms with van der Waals surface area (Å²) in [7, 11) is 0. The average Bonchev–Trinajstić information content (AvgIpc) is 2.69. The van der Waals surface area contributed by atoms with E-state index < -0.39 is 0 Å². The Bertz CT molecular complexity index is 340. The molecule has 0 spiro atoms.